The van der Waals surface area contributed by atoms with Crippen LogP contribution in [0, 0.1) is 19.8 Å². The molecule has 0 aliphatic rings. The predicted molar refractivity (Wildman–Crippen MR) is 124 cm³/mol. The Morgan fingerprint density at radius 1 is 1.17 bits per heavy atom. The SMILES string of the molecule is COC(=O)CC(NC(=O)C(I)CC(C)C)c1cncc(-c2c(C)cccc2C)c1. The van der Waals surface area contributed by atoms with Gasteiger partial charge < -0.3 is 10.1 Å². The van der Waals surface area contributed by atoms with Crippen LogP contribution in [0.2, 0.25) is 0 Å². The minimum atomic E-state index is -0.490. The molecule has 6 heteroatoms. The van der Waals surface area contributed by atoms with Gasteiger partial charge in [-0.2, -0.15) is 0 Å². The average molecular weight is 508 g/mol. The molecule has 0 radical (unpaired) electrons. The van der Waals surface area contributed by atoms with Crippen LogP contribution in [0.3, 0.4) is 0 Å². The Bertz CT molecular complexity index is 847. The topological polar surface area (TPSA) is 68.3 Å². The van der Waals surface area contributed by atoms with Crippen molar-refractivity contribution in [3.05, 3.63) is 53.3 Å². The van der Waals surface area contributed by atoms with Gasteiger partial charge in [0.2, 0.25) is 5.91 Å². The highest BCUT2D eigenvalue weighted by Gasteiger charge is 2.24. The van der Waals surface area contributed by atoms with E-state index in [1.54, 1.807) is 6.20 Å². The van der Waals surface area contributed by atoms with E-state index in [0.29, 0.717) is 5.92 Å². The molecule has 1 N–H and O–H groups in total. The molecule has 1 aromatic heterocycles. The third-order valence-corrected chi connectivity index (χ3v) is 5.88. The number of nitrogens with one attached hydrogen (secondary N) is 1. The van der Waals surface area contributed by atoms with Gasteiger partial charge in [-0.25, -0.2) is 0 Å². The fourth-order valence-electron chi connectivity index (χ4n) is 3.34. The van der Waals surface area contributed by atoms with Crippen LogP contribution in [0.5, 0.6) is 0 Å². The molecule has 2 unspecified atom stereocenters. The number of hydrogen-bond acceptors (Lipinski definition) is 4. The fraction of sp³-hybridized carbons (Fsp3) is 0.435. The summed E-state index contributed by atoms with van der Waals surface area (Å²) in [6.45, 7) is 8.30. The number of esters is 1. The van der Waals surface area contributed by atoms with Crippen molar-refractivity contribution in [1.82, 2.24) is 10.3 Å². The molecular weight excluding hydrogens is 479 g/mol. The Morgan fingerprint density at radius 2 is 1.83 bits per heavy atom. The van der Waals surface area contributed by atoms with Gasteiger partial charge in [-0.15, -0.1) is 0 Å². The van der Waals surface area contributed by atoms with Gasteiger partial charge in [0.15, 0.2) is 0 Å². The second kappa shape index (κ2) is 10.7. The van der Waals surface area contributed by atoms with E-state index < -0.39 is 6.04 Å². The number of aryl methyl sites for hydroxylation is 2. The molecule has 5 nitrogen and oxygen atoms in total. The van der Waals surface area contributed by atoms with Gasteiger partial charge in [0.1, 0.15) is 0 Å². The van der Waals surface area contributed by atoms with Crippen molar-refractivity contribution in [2.45, 2.75) is 50.5 Å². The van der Waals surface area contributed by atoms with Gasteiger partial charge in [-0.3, -0.25) is 14.6 Å². The Labute approximate surface area is 186 Å². The van der Waals surface area contributed by atoms with Crippen molar-refractivity contribution in [3.8, 4) is 11.1 Å². The van der Waals surface area contributed by atoms with Crippen LogP contribution in [0.15, 0.2) is 36.7 Å². The zero-order valence-corrected chi connectivity index (χ0v) is 19.8. The first-order chi connectivity index (χ1) is 13.7. The molecule has 0 aliphatic heterocycles. The molecule has 2 atom stereocenters. The zero-order chi connectivity index (χ0) is 21.6. The number of methoxy groups -OCH3 is 1. The predicted octanol–water partition coefficient (Wildman–Crippen LogP) is 4.94. The maximum atomic E-state index is 12.7. The van der Waals surface area contributed by atoms with Crippen molar-refractivity contribution < 1.29 is 14.3 Å². The largest absolute Gasteiger partial charge is 0.469 e. The minimum absolute atomic E-state index is 0.0607. The van der Waals surface area contributed by atoms with Crippen molar-refractivity contribution in [2.24, 2.45) is 5.92 Å². The van der Waals surface area contributed by atoms with Crippen molar-refractivity contribution in [3.63, 3.8) is 0 Å². The minimum Gasteiger partial charge on any atom is -0.469 e. The van der Waals surface area contributed by atoms with Gasteiger partial charge in [0, 0.05) is 18.0 Å². The second-order valence-corrected chi connectivity index (χ2v) is 9.22. The molecule has 29 heavy (non-hydrogen) atoms. The number of carbonyl (C=O) groups is 2. The van der Waals surface area contributed by atoms with E-state index in [2.05, 4.69) is 72.7 Å². The van der Waals surface area contributed by atoms with Crippen LogP contribution >= 0.6 is 22.6 Å². The number of alkyl halides is 1. The lowest BCUT2D eigenvalue weighted by Crippen LogP contribution is -2.36. The Balaban J connectivity index is 2.36. The molecule has 2 rings (SSSR count). The monoisotopic (exact) mass is 508 g/mol. The summed E-state index contributed by atoms with van der Waals surface area (Å²) < 4.78 is 4.69. The number of ether oxygens (including phenoxy) is 1. The van der Waals surface area contributed by atoms with Gasteiger partial charge in [-0.1, -0.05) is 54.6 Å². The third kappa shape index (κ3) is 6.52. The quantitative estimate of drug-likeness (QED) is 0.312. The highest BCUT2D eigenvalue weighted by atomic mass is 127. The number of halogens is 1. The maximum absolute atomic E-state index is 12.7. The molecule has 1 aromatic carbocycles. The second-order valence-electron chi connectivity index (χ2n) is 7.71. The van der Waals surface area contributed by atoms with Gasteiger partial charge in [0.25, 0.3) is 0 Å². The lowest BCUT2D eigenvalue weighted by molar-refractivity contribution is -0.141. The Hall–Kier alpha value is -1.96. The summed E-state index contributed by atoms with van der Waals surface area (Å²) in [5.41, 5.74) is 5.19. The van der Waals surface area contributed by atoms with Crippen molar-refractivity contribution in [1.29, 1.82) is 0 Å². The van der Waals surface area contributed by atoms with Crippen LogP contribution in [-0.4, -0.2) is 27.9 Å². The summed E-state index contributed by atoms with van der Waals surface area (Å²) in [7, 11) is 1.35. The van der Waals surface area contributed by atoms with Gasteiger partial charge in [-0.05, 0) is 54.5 Å². The van der Waals surface area contributed by atoms with Gasteiger partial charge >= 0.3 is 5.97 Å². The molecule has 2 aromatic rings. The molecule has 1 amide bonds. The number of aromatic nitrogens is 1. The first kappa shape index (κ1) is 23.3. The first-order valence-electron chi connectivity index (χ1n) is 9.75. The van der Waals surface area contributed by atoms with E-state index in [9.17, 15) is 9.59 Å². The van der Waals surface area contributed by atoms with E-state index in [-0.39, 0.29) is 22.2 Å². The molecule has 0 spiro atoms. The third-order valence-electron chi connectivity index (χ3n) is 4.81. The molecular formula is C23H29IN2O3. The number of rotatable bonds is 8. The van der Waals surface area contributed by atoms with Crippen molar-refractivity contribution >= 4 is 34.5 Å². The summed E-state index contributed by atoms with van der Waals surface area (Å²) in [5, 5.41) is 3.02. The van der Waals surface area contributed by atoms with Crippen LogP contribution in [0.4, 0.5) is 0 Å². The van der Waals surface area contributed by atoms with Crippen LogP contribution in [0.1, 0.15) is 49.4 Å². The normalized spacial score (nSPS) is 13.1. The first-order valence-corrected chi connectivity index (χ1v) is 11.0. The van der Waals surface area contributed by atoms with Crippen molar-refractivity contribution in [2.75, 3.05) is 7.11 Å². The molecule has 0 bridgehead atoms. The van der Waals surface area contributed by atoms with E-state index in [1.807, 2.05) is 18.3 Å². The zero-order valence-electron chi connectivity index (χ0n) is 17.7. The van der Waals surface area contributed by atoms with E-state index in [4.69, 9.17) is 4.74 Å². The van der Waals surface area contributed by atoms with Crippen LogP contribution in [0.25, 0.3) is 11.1 Å². The average Bonchev–Trinajstić information content (AvgIpc) is 2.66. The van der Waals surface area contributed by atoms with E-state index in [1.165, 1.54) is 7.11 Å². The molecule has 1 heterocycles. The lowest BCUT2D eigenvalue weighted by Gasteiger charge is -2.21. The number of benzene rings is 1. The number of amides is 1. The standard InChI is InChI=1S/C23H29IN2O3/c1-14(2)9-19(24)23(28)26-20(11-21(27)29-5)17-10-18(13-25-12-17)22-15(3)7-6-8-16(22)4/h6-8,10,12-14,19-20H,9,11H2,1-5H3,(H,26,28). The Kier molecular flexibility index (Phi) is 8.61. The number of nitrogens with zero attached hydrogens (tertiary/aromatic N) is 1. The molecule has 156 valence electrons. The number of hydrogen-bond donors (Lipinski definition) is 1. The highest BCUT2D eigenvalue weighted by Crippen LogP contribution is 2.29. The maximum Gasteiger partial charge on any atom is 0.307 e. The summed E-state index contributed by atoms with van der Waals surface area (Å²) in [6.07, 6.45) is 4.36. The van der Waals surface area contributed by atoms with E-state index >= 15 is 0 Å². The number of carbonyl (C=O) groups excluding carboxylic acids is 2. The smallest absolute Gasteiger partial charge is 0.307 e. The molecule has 0 fully saturated rings. The summed E-state index contributed by atoms with van der Waals surface area (Å²) in [6, 6.07) is 7.67. The van der Waals surface area contributed by atoms with E-state index in [0.717, 1.165) is 34.2 Å². The molecule has 0 aliphatic carbocycles. The van der Waals surface area contributed by atoms with Crippen LogP contribution in [-0.2, 0) is 14.3 Å². The summed E-state index contributed by atoms with van der Waals surface area (Å²) >= 11 is 2.16. The number of pyridine rings is 1. The lowest BCUT2D eigenvalue weighted by atomic mass is 9.94. The van der Waals surface area contributed by atoms with Gasteiger partial charge in [0.05, 0.1) is 23.5 Å². The fourth-order valence-corrected chi connectivity index (χ4v) is 4.54. The molecule has 0 saturated heterocycles. The summed E-state index contributed by atoms with van der Waals surface area (Å²) in [4.78, 5) is 29.1. The summed E-state index contributed by atoms with van der Waals surface area (Å²) in [5.74, 6) is -0.0388. The van der Waals surface area contributed by atoms with Crippen LogP contribution < -0.4 is 5.32 Å². The highest BCUT2D eigenvalue weighted by molar-refractivity contribution is 14.1. The molecule has 0 saturated carbocycles. The Morgan fingerprint density at radius 3 is 2.41 bits per heavy atom.